The fourth-order valence-electron chi connectivity index (χ4n) is 2.54. The van der Waals surface area contributed by atoms with Crippen LogP contribution in [0.25, 0.3) is 0 Å². The fraction of sp³-hybridized carbons (Fsp3) is 0.467. The first-order valence-electron chi connectivity index (χ1n) is 6.86. The van der Waals surface area contributed by atoms with E-state index in [1.807, 2.05) is 31.2 Å². The van der Waals surface area contributed by atoms with Crippen molar-refractivity contribution in [3.05, 3.63) is 35.4 Å². The zero-order valence-electron chi connectivity index (χ0n) is 11.6. The van der Waals surface area contributed by atoms with Gasteiger partial charge in [-0.15, -0.1) is 0 Å². The summed E-state index contributed by atoms with van der Waals surface area (Å²) in [5.41, 5.74) is 2.22. The number of nitrogens with zero attached hydrogens (tertiary/aromatic N) is 1. The first-order valence-corrected chi connectivity index (χ1v) is 6.86. The van der Waals surface area contributed by atoms with Crippen LogP contribution in [0.3, 0.4) is 0 Å². The predicted octanol–water partition coefficient (Wildman–Crippen LogP) is 1.16. The number of hydrogen-bond acceptors (Lipinski definition) is 3. The van der Waals surface area contributed by atoms with E-state index in [1.54, 1.807) is 4.90 Å². The smallest absolute Gasteiger partial charge is 0.320 e. The number of benzene rings is 1. The Morgan fingerprint density at radius 2 is 2.15 bits per heavy atom. The van der Waals surface area contributed by atoms with Crippen LogP contribution in [-0.4, -0.2) is 41.0 Å². The molecule has 1 aliphatic heterocycles. The van der Waals surface area contributed by atoms with Gasteiger partial charge in [-0.1, -0.05) is 24.3 Å². The molecule has 0 radical (unpaired) electrons. The highest BCUT2D eigenvalue weighted by Crippen LogP contribution is 2.16. The Hall–Kier alpha value is -1.88. The van der Waals surface area contributed by atoms with Crippen LogP contribution in [0.15, 0.2) is 24.3 Å². The van der Waals surface area contributed by atoms with E-state index < -0.39 is 12.0 Å². The van der Waals surface area contributed by atoms with Gasteiger partial charge in [-0.2, -0.15) is 0 Å². The van der Waals surface area contributed by atoms with Crippen LogP contribution >= 0.6 is 0 Å². The molecule has 1 aromatic carbocycles. The van der Waals surface area contributed by atoms with Crippen molar-refractivity contribution >= 4 is 11.9 Å². The highest BCUT2D eigenvalue weighted by atomic mass is 16.4. The maximum absolute atomic E-state index is 11.9. The molecular formula is C15H20N2O3. The largest absolute Gasteiger partial charge is 0.480 e. The van der Waals surface area contributed by atoms with Gasteiger partial charge in [0.1, 0.15) is 6.04 Å². The topological polar surface area (TPSA) is 69.6 Å². The van der Waals surface area contributed by atoms with Gasteiger partial charge in [0.05, 0.1) is 6.54 Å². The summed E-state index contributed by atoms with van der Waals surface area (Å²) in [7, 11) is 0. The third-order valence-electron chi connectivity index (χ3n) is 3.73. The molecule has 2 N–H and O–H groups in total. The molecule has 0 aliphatic carbocycles. The first-order chi connectivity index (χ1) is 9.58. The molecule has 1 aromatic rings. The zero-order chi connectivity index (χ0) is 14.5. The van der Waals surface area contributed by atoms with E-state index in [9.17, 15) is 9.59 Å². The van der Waals surface area contributed by atoms with Gasteiger partial charge in [0.15, 0.2) is 0 Å². The number of nitrogens with one attached hydrogen (secondary N) is 1. The van der Waals surface area contributed by atoms with E-state index in [-0.39, 0.29) is 12.5 Å². The molecule has 1 fully saturated rings. The van der Waals surface area contributed by atoms with Crippen molar-refractivity contribution in [1.82, 2.24) is 10.2 Å². The van der Waals surface area contributed by atoms with Gasteiger partial charge in [-0.3, -0.25) is 14.5 Å². The normalized spacial score (nSPS) is 18.9. The predicted molar refractivity (Wildman–Crippen MR) is 75.3 cm³/mol. The fourth-order valence-corrected chi connectivity index (χ4v) is 2.54. The lowest BCUT2D eigenvalue weighted by Gasteiger charge is -2.20. The highest BCUT2D eigenvalue weighted by molar-refractivity contribution is 5.80. The van der Waals surface area contributed by atoms with Gasteiger partial charge < -0.3 is 10.4 Å². The van der Waals surface area contributed by atoms with E-state index in [0.29, 0.717) is 19.5 Å². The molecule has 20 heavy (non-hydrogen) atoms. The van der Waals surface area contributed by atoms with Crippen LogP contribution in [0.4, 0.5) is 0 Å². The second-order valence-corrected chi connectivity index (χ2v) is 5.17. The summed E-state index contributed by atoms with van der Waals surface area (Å²) in [5, 5.41) is 11.9. The number of aliphatic carboxylic acids is 1. The lowest BCUT2D eigenvalue weighted by molar-refractivity contribution is -0.142. The number of likely N-dealkylation sites (tertiary alicyclic amines) is 1. The summed E-state index contributed by atoms with van der Waals surface area (Å²) in [6.07, 6.45) is 1.46. The Morgan fingerprint density at radius 3 is 2.85 bits per heavy atom. The van der Waals surface area contributed by atoms with Crippen LogP contribution in [0.1, 0.15) is 24.0 Å². The van der Waals surface area contributed by atoms with Crippen molar-refractivity contribution in [3.8, 4) is 0 Å². The Balaban J connectivity index is 1.84. The molecule has 1 heterocycles. The molecular weight excluding hydrogens is 256 g/mol. The molecule has 0 spiro atoms. The van der Waals surface area contributed by atoms with Gasteiger partial charge in [0, 0.05) is 6.54 Å². The molecule has 1 aliphatic rings. The molecule has 0 saturated carbocycles. The lowest BCUT2D eigenvalue weighted by atomic mass is 10.1. The maximum Gasteiger partial charge on any atom is 0.320 e. The first kappa shape index (κ1) is 14.5. The van der Waals surface area contributed by atoms with Crippen molar-refractivity contribution in [2.24, 2.45) is 0 Å². The van der Waals surface area contributed by atoms with Gasteiger partial charge >= 0.3 is 5.97 Å². The van der Waals surface area contributed by atoms with Gasteiger partial charge in [-0.05, 0) is 37.4 Å². The van der Waals surface area contributed by atoms with Crippen LogP contribution in [0, 0.1) is 6.92 Å². The number of aryl methyl sites for hydroxylation is 1. The van der Waals surface area contributed by atoms with Crippen molar-refractivity contribution in [1.29, 1.82) is 0 Å². The third kappa shape index (κ3) is 3.57. The maximum atomic E-state index is 11.9. The SMILES string of the molecule is Cc1ccccc1CNC(=O)CN1CCCC1C(=O)O. The number of carbonyl (C=O) groups excluding carboxylic acids is 1. The quantitative estimate of drug-likeness (QED) is 0.846. The highest BCUT2D eigenvalue weighted by Gasteiger charge is 2.31. The Kier molecular flexibility index (Phi) is 4.74. The van der Waals surface area contributed by atoms with E-state index in [1.165, 1.54) is 0 Å². The van der Waals surface area contributed by atoms with Crippen molar-refractivity contribution < 1.29 is 14.7 Å². The Labute approximate surface area is 118 Å². The molecule has 0 aromatic heterocycles. The molecule has 1 saturated heterocycles. The molecule has 2 rings (SSSR count). The van der Waals surface area contributed by atoms with Crippen LogP contribution < -0.4 is 5.32 Å². The summed E-state index contributed by atoms with van der Waals surface area (Å²) in [6.45, 7) is 3.32. The van der Waals surface area contributed by atoms with E-state index in [4.69, 9.17) is 5.11 Å². The minimum absolute atomic E-state index is 0.124. The average molecular weight is 276 g/mol. The van der Waals surface area contributed by atoms with E-state index in [0.717, 1.165) is 17.5 Å². The number of carboxylic acids is 1. The third-order valence-corrected chi connectivity index (χ3v) is 3.73. The number of amides is 1. The van der Waals surface area contributed by atoms with E-state index in [2.05, 4.69) is 5.32 Å². The molecule has 1 amide bonds. The lowest BCUT2D eigenvalue weighted by Crippen LogP contribution is -2.42. The summed E-state index contributed by atoms with van der Waals surface area (Å²) in [4.78, 5) is 24.7. The average Bonchev–Trinajstić information content (AvgIpc) is 2.86. The van der Waals surface area contributed by atoms with Crippen molar-refractivity contribution in [2.75, 3.05) is 13.1 Å². The van der Waals surface area contributed by atoms with Crippen molar-refractivity contribution in [2.45, 2.75) is 32.4 Å². The number of hydrogen-bond donors (Lipinski definition) is 2. The standard InChI is InChI=1S/C15H20N2O3/c1-11-5-2-3-6-12(11)9-16-14(18)10-17-8-4-7-13(17)15(19)20/h2-3,5-6,13H,4,7-10H2,1H3,(H,16,18)(H,19,20). The minimum atomic E-state index is -0.839. The van der Waals surface area contributed by atoms with Crippen LogP contribution in [0.2, 0.25) is 0 Å². The van der Waals surface area contributed by atoms with Crippen LogP contribution in [-0.2, 0) is 16.1 Å². The van der Waals surface area contributed by atoms with Gasteiger partial charge in [0.2, 0.25) is 5.91 Å². The number of carboxylic acid groups (broad SMARTS) is 1. The van der Waals surface area contributed by atoms with E-state index >= 15 is 0 Å². The minimum Gasteiger partial charge on any atom is -0.480 e. The molecule has 1 unspecified atom stereocenters. The second-order valence-electron chi connectivity index (χ2n) is 5.17. The number of carbonyl (C=O) groups is 2. The Bertz CT molecular complexity index is 502. The molecule has 108 valence electrons. The summed E-state index contributed by atoms with van der Waals surface area (Å²) >= 11 is 0. The summed E-state index contributed by atoms with van der Waals surface area (Å²) < 4.78 is 0. The molecule has 0 bridgehead atoms. The monoisotopic (exact) mass is 276 g/mol. The van der Waals surface area contributed by atoms with Crippen LogP contribution in [0.5, 0.6) is 0 Å². The number of rotatable bonds is 5. The van der Waals surface area contributed by atoms with Crippen molar-refractivity contribution in [3.63, 3.8) is 0 Å². The second kappa shape index (κ2) is 6.52. The summed E-state index contributed by atoms with van der Waals surface area (Å²) in [5.74, 6) is -0.962. The Morgan fingerprint density at radius 1 is 1.40 bits per heavy atom. The van der Waals surface area contributed by atoms with Gasteiger partial charge in [-0.25, -0.2) is 0 Å². The zero-order valence-corrected chi connectivity index (χ0v) is 11.6. The van der Waals surface area contributed by atoms with Gasteiger partial charge in [0.25, 0.3) is 0 Å². The molecule has 1 atom stereocenters. The summed E-state index contributed by atoms with van der Waals surface area (Å²) in [6, 6.07) is 7.37. The molecule has 5 nitrogen and oxygen atoms in total. The molecule has 5 heteroatoms.